The summed E-state index contributed by atoms with van der Waals surface area (Å²) in [5.74, 6) is 2.48. The summed E-state index contributed by atoms with van der Waals surface area (Å²) in [5, 5.41) is 10.2. The number of aliphatic hydroxyl groups is 1. The van der Waals surface area contributed by atoms with Crippen LogP contribution in [-0.2, 0) is 4.74 Å². The van der Waals surface area contributed by atoms with Gasteiger partial charge in [0.25, 0.3) is 0 Å². The molecule has 5 fully saturated rings. The summed E-state index contributed by atoms with van der Waals surface area (Å²) < 4.78 is 11.8. The van der Waals surface area contributed by atoms with Gasteiger partial charge in [0.05, 0.1) is 18.5 Å². The Bertz CT molecular complexity index is 842. The number of hydrogen-bond acceptors (Lipinski definition) is 4. The van der Waals surface area contributed by atoms with Crippen LogP contribution >= 0.6 is 0 Å². The second-order valence-corrected chi connectivity index (χ2v) is 11.0. The highest BCUT2D eigenvalue weighted by molar-refractivity contribution is 5.35. The van der Waals surface area contributed by atoms with E-state index in [2.05, 4.69) is 13.8 Å². The van der Waals surface area contributed by atoms with E-state index in [1.54, 1.807) is 12.3 Å². The predicted molar refractivity (Wildman–Crippen MR) is 105 cm³/mol. The molecule has 1 N–H and O–H groups in total. The van der Waals surface area contributed by atoms with Crippen molar-refractivity contribution in [3.8, 4) is 0 Å². The average Bonchev–Trinajstić information content (AvgIpc) is 3.33. The van der Waals surface area contributed by atoms with E-state index in [-0.39, 0.29) is 22.7 Å². The number of rotatable bonds is 1. The minimum absolute atomic E-state index is 0.0285. The van der Waals surface area contributed by atoms with E-state index in [1.807, 2.05) is 6.07 Å². The molecule has 1 aromatic heterocycles. The van der Waals surface area contributed by atoms with Crippen LogP contribution in [0.1, 0.15) is 76.7 Å². The Kier molecular flexibility index (Phi) is 3.49. The fraction of sp³-hybridized carbons (Fsp3) is 0.792. The summed E-state index contributed by atoms with van der Waals surface area (Å²) in [6, 6.07) is 3.55. The van der Waals surface area contributed by atoms with Crippen LogP contribution in [0.5, 0.6) is 0 Å². The van der Waals surface area contributed by atoms with Crippen LogP contribution in [0, 0.1) is 28.6 Å². The fourth-order valence-corrected chi connectivity index (χ4v) is 8.74. The molecule has 4 nitrogen and oxygen atoms in total. The van der Waals surface area contributed by atoms with E-state index in [9.17, 15) is 9.90 Å². The molecule has 28 heavy (non-hydrogen) atoms. The number of ether oxygens (including phenoxy) is 1. The summed E-state index contributed by atoms with van der Waals surface area (Å²) in [5.41, 5.74) is 1.44. The molecule has 1 aliphatic heterocycles. The van der Waals surface area contributed by atoms with Gasteiger partial charge in [-0.2, -0.15) is 0 Å². The maximum Gasteiger partial charge on any atom is 0.335 e. The third-order valence-electron chi connectivity index (χ3n) is 10.2. The summed E-state index contributed by atoms with van der Waals surface area (Å²) >= 11 is 0. The molecule has 1 aromatic rings. The molecule has 1 saturated heterocycles. The first kappa shape index (κ1) is 17.7. The van der Waals surface area contributed by atoms with Crippen LogP contribution in [0.4, 0.5) is 0 Å². The molecule has 0 aromatic carbocycles. The van der Waals surface area contributed by atoms with Gasteiger partial charge in [0.1, 0.15) is 5.60 Å². The van der Waals surface area contributed by atoms with Crippen molar-refractivity contribution in [2.45, 2.75) is 88.9 Å². The van der Waals surface area contributed by atoms with Crippen LogP contribution in [-0.4, -0.2) is 22.9 Å². The zero-order valence-corrected chi connectivity index (χ0v) is 17.0. The maximum absolute atomic E-state index is 11.4. The monoisotopic (exact) mass is 384 g/mol. The molecule has 0 bridgehead atoms. The first-order valence-electron chi connectivity index (χ1n) is 11.3. The predicted octanol–water partition coefficient (Wildman–Crippen LogP) is 4.26. The summed E-state index contributed by atoms with van der Waals surface area (Å²) in [6.45, 7) is 4.97. The third kappa shape index (κ3) is 2.01. The minimum Gasteiger partial charge on any atom is -0.431 e. The Labute approximate surface area is 166 Å². The molecular formula is C24H32O4. The van der Waals surface area contributed by atoms with Gasteiger partial charge in [0, 0.05) is 11.5 Å². The van der Waals surface area contributed by atoms with E-state index in [4.69, 9.17) is 9.15 Å². The molecule has 2 unspecified atom stereocenters. The van der Waals surface area contributed by atoms with E-state index in [0.29, 0.717) is 29.3 Å². The Balaban J connectivity index is 1.36. The molecule has 9 atom stereocenters. The second kappa shape index (κ2) is 5.51. The topological polar surface area (TPSA) is 63.0 Å². The lowest BCUT2D eigenvalue weighted by atomic mass is 9.44. The van der Waals surface area contributed by atoms with E-state index in [0.717, 1.165) is 25.2 Å². The van der Waals surface area contributed by atoms with Crippen molar-refractivity contribution in [3.05, 3.63) is 34.4 Å². The molecule has 5 aliphatic rings. The largest absolute Gasteiger partial charge is 0.431 e. The van der Waals surface area contributed by atoms with Crippen LogP contribution in [0.3, 0.4) is 0 Å². The molecule has 1 spiro atoms. The number of hydrogen-bond donors (Lipinski definition) is 1. The minimum atomic E-state index is -0.266. The van der Waals surface area contributed by atoms with Crippen molar-refractivity contribution in [1.82, 2.24) is 0 Å². The lowest BCUT2D eigenvalue weighted by Gasteiger charge is -2.61. The first-order chi connectivity index (χ1) is 13.4. The molecule has 6 rings (SSSR count). The van der Waals surface area contributed by atoms with Crippen LogP contribution in [0.15, 0.2) is 27.6 Å². The maximum atomic E-state index is 11.4. The zero-order chi connectivity index (χ0) is 19.3. The van der Waals surface area contributed by atoms with Crippen LogP contribution in [0.25, 0.3) is 0 Å². The Morgan fingerprint density at radius 2 is 1.89 bits per heavy atom. The van der Waals surface area contributed by atoms with Gasteiger partial charge < -0.3 is 14.3 Å². The van der Waals surface area contributed by atoms with Crippen molar-refractivity contribution in [2.75, 3.05) is 0 Å². The smallest absolute Gasteiger partial charge is 0.335 e. The van der Waals surface area contributed by atoms with Gasteiger partial charge in [-0.05, 0) is 92.1 Å². The second-order valence-electron chi connectivity index (χ2n) is 11.0. The fourth-order valence-electron chi connectivity index (χ4n) is 8.74. The van der Waals surface area contributed by atoms with E-state index >= 15 is 0 Å². The third-order valence-corrected chi connectivity index (χ3v) is 10.2. The van der Waals surface area contributed by atoms with Crippen molar-refractivity contribution in [3.63, 3.8) is 0 Å². The van der Waals surface area contributed by atoms with Gasteiger partial charge in [-0.3, -0.25) is 0 Å². The molecule has 4 aliphatic carbocycles. The van der Waals surface area contributed by atoms with E-state index < -0.39 is 0 Å². The van der Waals surface area contributed by atoms with Crippen molar-refractivity contribution in [1.29, 1.82) is 0 Å². The van der Waals surface area contributed by atoms with E-state index in [1.165, 1.54) is 37.7 Å². The Hall–Kier alpha value is -1.13. The normalized spacial score (nSPS) is 54.2. The highest BCUT2D eigenvalue weighted by Gasteiger charge is 2.80. The lowest BCUT2D eigenvalue weighted by Crippen LogP contribution is -2.58. The number of epoxide rings is 1. The average molecular weight is 385 g/mol. The lowest BCUT2D eigenvalue weighted by molar-refractivity contribution is -0.139. The van der Waals surface area contributed by atoms with Crippen molar-refractivity contribution in [2.24, 2.45) is 28.6 Å². The van der Waals surface area contributed by atoms with Gasteiger partial charge in [0.2, 0.25) is 0 Å². The quantitative estimate of drug-likeness (QED) is 0.735. The van der Waals surface area contributed by atoms with Gasteiger partial charge in [-0.1, -0.05) is 13.8 Å². The van der Waals surface area contributed by atoms with Gasteiger partial charge in [0.15, 0.2) is 0 Å². The molecule has 4 saturated carbocycles. The molecular weight excluding hydrogens is 352 g/mol. The Morgan fingerprint density at radius 1 is 1.04 bits per heavy atom. The van der Waals surface area contributed by atoms with Crippen LogP contribution in [0.2, 0.25) is 0 Å². The number of fused-ring (bicyclic) bond motifs is 3. The Morgan fingerprint density at radius 3 is 2.68 bits per heavy atom. The summed E-state index contributed by atoms with van der Waals surface area (Å²) in [4.78, 5) is 11.4. The molecule has 2 heterocycles. The number of aliphatic hydroxyl groups excluding tert-OH is 1. The molecule has 0 radical (unpaired) electrons. The molecule has 0 amide bonds. The summed E-state index contributed by atoms with van der Waals surface area (Å²) in [6.07, 6.45) is 11.1. The van der Waals surface area contributed by atoms with Gasteiger partial charge in [-0.25, -0.2) is 4.79 Å². The van der Waals surface area contributed by atoms with Crippen molar-refractivity contribution >= 4 is 0 Å². The summed E-state index contributed by atoms with van der Waals surface area (Å²) in [7, 11) is 0. The van der Waals surface area contributed by atoms with Crippen LogP contribution < -0.4 is 5.63 Å². The standard InChI is InChI=1S/C24H32O4/c1-22-9-7-16(25)11-15(22)4-5-18-17(22)8-10-23(2)19(12-20-24(18,23)28-20)14-3-6-21(26)27-13-14/h3,6,13,15-20,25H,4-5,7-12H2,1-2H3/t15-,16+,17?,18?,19-,20-,22+,23-,24-/m1/s1. The van der Waals surface area contributed by atoms with Crippen molar-refractivity contribution < 1.29 is 14.3 Å². The first-order valence-corrected chi connectivity index (χ1v) is 11.3. The van der Waals surface area contributed by atoms with Gasteiger partial charge in [-0.15, -0.1) is 0 Å². The molecule has 4 heteroatoms. The molecule has 152 valence electrons. The highest BCUT2D eigenvalue weighted by atomic mass is 16.6. The van der Waals surface area contributed by atoms with Gasteiger partial charge >= 0.3 is 5.63 Å². The highest BCUT2D eigenvalue weighted by Crippen LogP contribution is 2.77. The zero-order valence-electron chi connectivity index (χ0n) is 17.0. The SMILES string of the molecule is C[C@]12CC[C@H](O)C[C@H]1CCC1C2CC[C@]2(C)[C@@H](c3ccc(=O)oc3)C[C@H]3O[C@]132.